The molecule has 0 spiro atoms. The number of hydrogen-bond acceptors (Lipinski definition) is 1. The molecule has 1 rings (SSSR count). The van der Waals surface area contributed by atoms with Crippen LogP contribution < -0.4 is 0 Å². The van der Waals surface area contributed by atoms with Crippen LogP contribution >= 0.6 is 0 Å². The Bertz CT molecular complexity index is 1190. The lowest BCUT2D eigenvalue weighted by Gasteiger charge is -2.27. The van der Waals surface area contributed by atoms with Crippen molar-refractivity contribution in [3.63, 3.8) is 0 Å². The van der Waals surface area contributed by atoms with Crippen LogP contribution in [0, 0.1) is 11.8 Å². The molecule has 0 aromatic rings. The van der Waals surface area contributed by atoms with E-state index in [1.54, 1.807) is 0 Å². The van der Waals surface area contributed by atoms with E-state index < -0.39 is 5.60 Å². The molecule has 41 heavy (non-hydrogen) atoms. The van der Waals surface area contributed by atoms with E-state index >= 15 is 0 Å². The van der Waals surface area contributed by atoms with Gasteiger partial charge in [0.1, 0.15) is 0 Å². The normalized spacial score (nSPS) is 23.8. The van der Waals surface area contributed by atoms with Gasteiger partial charge >= 0.3 is 0 Å². The van der Waals surface area contributed by atoms with Gasteiger partial charge in [0.05, 0.1) is 5.60 Å². The first-order valence-corrected chi connectivity index (χ1v) is 15.1. The Morgan fingerprint density at radius 1 is 0.707 bits per heavy atom. The molecule has 0 amide bonds. The fourth-order valence-electron chi connectivity index (χ4n) is 4.75. The lowest BCUT2D eigenvalue weighted by Crippen LogP contribution is -2.30. The van der Waals surface area contributed by atoms with Gasteiger partial charge in [-0.1, -0.05) is 143 Å². The number of hydrogen-bond donors (Lipinski definition) is 1. The molecule has 222 valence electrons. The zero-order valence-electron chi connectivity index (χ0n) is 27.4. The molecule has 0 aromatic carbocycles. The van der Waals surface area contributed by atoms with Gasteiger partial charge in [-0.05, 0) is 93.9 Å². The largest absolute Gasteiger partial charge is 0.390 e. The van der Waals surface area contributed by atoms with Gasteiger partial charge in [0.2, 0.25) is 0 Å². The van der Waals surface area contributed by atoms with Crippen molar-refractivity contribution in [1.82, 2.24) is 0 Å². The monoisotopic (exact) mass is 552 g/mol. The van der Waals surface area contributed by atoms with Crippen LogP contribution in [0.25, 0.3) is 0 Å². The number of rotatable bonds is 14. The maximum atomic E-state index is 10.8. The van der Waals surface area contributed by atoms with Gasteiger partial charge < -0.3 is 5.11 Å². The summed E-state index contributed by atoms with van der Waals surface area (Å²) in [5.41, 5.74) is 8.07. The highest BCUT2D eigenvalue weighted by Gasteiger charge is 2.42. The Kier molecular flexibility index (Phi) is 16.7. The third-order valence-corrected chi connectivity index (χ3v) is 7.41. The molecular formula is C40H56O. The topological polar surface area (TPSA) is 20.2 Å². The highest BCUT2D eigenvalue weighted by molar-refractivity contribution is 5.32. The first-order valence-electron chi connectivity index (χ1n) is 15.1. The minimum Gasteiger partial charge on any atom is -0.390 e. The lowest BCUT2D eigenvalue weighted by molar-refractivity contribution is 0.0331. The summed E-state index contributed by atoms with van der Waals surface area (Å²) in [5, 5.41) is 10.8. The summed E-state index contributed by atoms with van der Waals surface area (Å²) in [6, 6.07) is 0. The van der Waals surface area contributed by atoms with E-state index in [0.29, 0.717) is 5.92 Å². The number of aliphatic hydroxyl groups is 1. The van der Waals surface area contributed by atoms with Gasteiger partial charge in [-0.3, -0.25) is 0 Å². The quantitative estimate of drug-likeness (QED) is 0.168. The SMILES string of the molecule is C=C(C)[C@@H]1CC[C@@](C)(O)[C@H]1/C=C/C(C)=C/C=C/C(C)=C/C=C/C=C(C)/C=C/C=C(C)/C=C/C=C(\C)CCC=C(C)C. The van der Waals surface area contributed by atoms with Crippen LogP contribution in [0.2, 0.25) is 0 Å². The van der Waals surface area contributed by atoms with Crippen molar-refractivity contribution < 1.29 is 5.11 Å². The fourth-order valence-corrected chi connectivity index (χ4v) is 4.75. The average Bonchev–Trinajstić information content (AvgIpc) is 3.19. The molecule has 1 N–H and O–H groups in total. The molecule has 1 nitrogen and oxygen atoms in total. The molecule has 0 unspecified atom stereocenters. The van der Waals surface area contributed by atoms with Crippen molar-refractivity contribution in [1.29, 1.82) is 0 Å². The smallest absolute Gasteiger partial charge is 0.0688 e. The Morgan fingerprint density at radius 3 is 1.66 bits per heavy atom. The summed E-state index contributed by atoms with van der Waals surface area (Å²) in [7, 11) is 0. The Balaban J connectivity index is 2.59. The lowest BCUT2D eigenvalue weighted by atomic mass is 9.83. The van der Waals surface area contributed by atoms with Gasteiger partial charge in [0.15, 0.2) is 0 Å². The highest BCUT2D eigenvalue weighted by atomic mass is 16.3. The number of allylic oxidation sites excluding steroid dienone is 22. The molecular weight excluding hydrogens is 496 g/mol. The van der Waals surface area contributed by atoms with E-state index in [1.165, 1.54) is 33.4 Å². The summed E-state index contributed by atoms with van der Waals surface area (Å²) in [5.74, 6) is 0.485. The molecule has 0 saturated heterocycles. The molecule has 0 aliphatic heterocycles. The van der Waals surface area contributed by atoms with E-state index in [4.69, 9.17) is 0 Å². The predicted octanol–water partition coefficient (Wildman–Crippen LogP) is 11.6. The fraction of sp³-hybridized carbons (Fsp3) is 0.400. The average molecular weight is 553 g/mol. The standard InChI is InChI=1S/C40H56O/c1-31(2)17-13-20-35(7)23-15-25-36(8)24-14-21-33(5)18-11-12-19-34(6)22-16-26-37(9)27-28-39-38(32(3)4)29-30-40(39,10)41/h11-12,14-19,21-28,38-39,41H,3,13,20,29-30H2,1-2,4-10H3/b12-11+,21-14+,22-16+,25-15+,28-27+,33-18+,34-19+,35-23+,36-24+,37-26+/t38-,39-,40+/m0/s1. The molecule has 0 bridgehead atoms. The zero-order valence-corrected chi connectivity index (χ0v) is 27.4. The minimum atomic E-state index is -0.653. The van der Waals surface area contributed by atoms with Crippen LogP contribution in [0.4, 0.5) is 0 Å². The summed E-state index contributed by atoms with van der Waals surface area (Å²) >= 11 is 0. The van der Waals surface area contributed by atoms with Crippen LogP contribution in [-0.2, 0) is 0 Å². The predicted molar refractivity (Wildman–Crippen MR) is 185 cm³/mol. The maximum absolute atomic E-state index is 10.8. The van der Waals surface area contributed by atoms with Crippen LogP contribution in [0.1, 0.15) is 88.0 Å². The van der Waals surface area contributed by atoms with Crippen LogP contribution in [0.5, 0.6) is 0 Å². The summed E-state index contributed by atoms with van der Waals surface area (Å²) in [6.45, 7) is 23.1. The Morgan fingerprint density at radius 2 is 1.17 bits per heavy atom. The summed E-state index contributed by atoms with van der Waals surface area (Å²) < 4.78 is 0. The molecule has 1 saturated carbocycles. The van der Waals surface area contributed by atoms with E-state index in [1.807, 2.05) is 6.92 Å². The first-order chi connectivity index (χ1) is 19.3. The van der Waals surface area contributed by atoms with Crippen molar-refractivity contribution in [2.24, 2.45) is 11.8 Å². The van der Waals surface area contributed by atoms with Crippen LogP contribution in [0.3, 0.4) is 0 Å². The van der Waals surface area contributed by atoms with Crippen molar-refractivity contribution in [2.75, 3.05) is 0 Å². The second-order valence-electron chi connectivity index (χ2n) is 12.2. The van der Waals surface area contributed by atoms with Crippen LogP contribution in [0.15, 0.2) is 143 Å². The molecule has 1 aliphatic carbocycles. The Labute approximate surface area is 252 Å². The van der Waals surface area contributed by atoms with Crippen LogP contribution in [-0.4, -0.2) is 10.7 Å². The third-order valence-electron chi connectivity index (χ3n) is 7.41. The third kappa shape index (κ3) is 16.0. The molecule has 0 aromatic heterocycles. The van der Waals surface area contributed by atoms with Gasteiger partial charge in [-0.15, -0.1) is 0 Å². The van der Waals surface area contributed by atoms with Gasteiger partial charge in [0.25, 0.3) is 0 Å². The van der Waals surface area contributed by atoms with Crippen molar-refractivity contribution in [2.45, 2.75) is 93.6 Å². The summed E-state index contributed by atoms with van der Waals surface area (Å²) in [6.07, 6.45) is 38.2. The molecule has 1 aliphatic rings. The minimum absolute atomic E-state index is 0.127. The van der Waals surface area contributed by atoms with E-state index in [-0.39, 0.29) is 5.92 Å². The van der Waals surface area contributed by atoms with Gasteiger partial charge in [-0.25, -0.2) is 0 Å². The maximum Gasteiger partial charge on any atom is 0.0688 e. The molecule has 1 heteroatoms. The second kappa shape index (κ2) is 19.1. The zero-order chi connectivity index (χ0) is 30.8. The molecule has 3 atom stereocenters. The van der Waals surface area contributed by atoms with Crippen molar-refractivity contribution in [3.05, 3.63) is 143 Å². The van der Waals surface area contributed by atoms with Gasteiger partial charge in [0, 0.05) is 5.92 Å². The van der Waals surface area contributed by atoms with E-state index in [0.717, 1.165) is 31.3 Å². The van der Waals surface area contributed by atoms with Gasteiger partial charge in [-0.2, -0.15) is 0 Å². The first kappa shape index (κ1) is 35.9. The second-order valence-corrected chi connectivity index (χ2v) is 12.2. The molecule has 0 heterocycles. The summed E-state index contributed by atoms with van der Waals surface area (Å²) in [4.78, 5) is 0. The molecule has 1 fully saturated rings. The molecule has 0 radical (unpaired) electrons. The highest BCUT2D eigenvalue weighted by Crippen LogP contribution is 2.44. The van der Waals surface area contributed by atoms with E-state index in [2.05, 4.69) is 159 Å². The Hall–Kier alpha value is -3.16. The van der Waals surface area contributed by atoms with Crippen molar-refractivity contribution in [3.8, 4) is 0 Å². The van der Waals surface area contributed by atoms with Crippen molar-refractivity contribution >= 4 is 0 Å². The van der Waals surface area contributed by atoms with E-state index in [9.17, 15) is 5.11 Å².